The van der Waals surface area contributed by atoms with Crippen LogP contribution >= 0.6 is 11.3 Å². The van der Waals surface area contributed by atoms with Crippen LogP contribution in [0.3, 0.4) is 0 Å². The summed E-state index contributed by atoms with van der Waals surface area (Å²) in [7, 11) is 0. The third-order valence-electron chi connectivity index (χ3n) is 3.20. The molecular weight excluding hydrogens is 238 g/mol. The predicted octanol–water partition coefficient (Wildman–Crippen LogP) is 1.67. The van der Waals surface area contributed by atoms with Crippen molar-refractivity contribution < 1.29 is 9.59 Å². The minimum Gasteiger partial charge on any atom is -0.303 e. The molecule has 0 spiro atoms. The van der Waals surface area contributed by atoms with Crippen molar-refractivity contribution in [1.82, 2.24) is 15.2 Å². The smallest absolute Gasteiger partial charge is 0.303 e. The fraction of sp³-hybridized carbons (Fsp3) is 0.545. The number of amides is 3. The molecule has 1 saturated heterocycles. The summed E-state index contributed by atoms with van der Waals surface area (Å²) in [6.45, 7) is 5.99. The maximum Gasteiger partial charge on any atom is 0.325 e. The first-order valence-electron chi connectivity index (χ1n) is 5.51. The highest BCUT2D eigenvalue weighted by atomic mass is 32.1. The summed E-state index contributed by atoms with van der Waals surface area (Å²) in [5.41, 5.74) is 0.186. The summed E-state index contributed by atoms with van der Waals surface area (Å²) in [6, 6.07) is -0.327. The number of imide groups is 1. The van der Waals surface area contributed by atoms with Crippen LogP contribution < -0.4 is 5.32 Å². The van der Waals surface area contributed by atoms with E-state index in [1.54, 1.807) is 11.8 Å². The molecule has 3 amide bonds. The third kappa shape index (κ3) is 1.93. The molecule has 0 saturated carbocycles. The summed E-state index contributed by atoms with van der Waals surface area (Å²) >= 11 is 1.51. The second-order valence-corrected chi connectivity index (χ2v) is 5.30. The number of nitrogens with one attached hydrogen (secondary N) is 1. The maximum atomic E-state index is 11.8. The van der Waals surface area contributed by atoms with Crippen LogP contribution in [0, 0.1) is 6.92 Å². The Labute approximate surface area is 104 Å². The minimum atomic E-state index is -0.753. The Balaban J connectivity index is 2.24. The first-order valence-corrected chi connectivity index (χ1v) is 6.39. The highest BCUT2D eigenvalue weighted by Gasteiger charge is 2.47. The molecule has 5 nitrogen and oxygen atoms in total. The molecule has 1 unspecified atom stereocenters. The van der Waals surface area contributed by atoms with Crippen molar-refractivity contribution in [2.24, 2.45) is 0 Å². The molecule has 1 fully saturated rings. The van der Waals surface area contributed by atoms with Crippen LogP contribution in [-0.2, 0) is 11.3 Å². The van der Waals surface area contributed by atoms with E-state index >= 15 is 0 Å². The summed E-state index contributed by atoms with van der Waals surface area (Å²) in [4.78, 5) is 29.4. The monoisotopic (exact) mass is 253 g/mol. The Morgan fingerprint density at radius 2 is 2.24 bits per heavy atom. The van der Waals surface area contributed by atoms with Crippen LogP contribution in [-0.4, -0.2) is 27.4 Å². The lowest BCUT2D eigenvalue weighted by Gasteiger charge is -2.29. The van der Waals surface area contributed by atoms with E-state index in [9.17, 15) is 9.59 Å². The number of aryl methyl sites for hydroxylation is 1. The Morgan fingerprint density at radius 3 is 2.76 bits per heavy atom. The van der Waals surface area contributed by atoms with E-state index in [2.05, 4.69) is 10.3 Å². The molecule has 1 aromatic heterocycles. The SMILES string of the molecule is CCC1(C)C(=O)NC(=O)N1Cc1nc(C)cs1. The Morgan fingerprint density at radius 1 is 1.53 bits per heavy atom. The van der Waals surface area contributed by atoms with Gasteiger partial charge in [0, 0.05) is 11.1 Å². The van der Waals surface area contributed by atoms with Gasteiger partial charge < -0.3 is 4.90 Å². The number of urea groups is 1. The topological polar surface area (TPSA) is 62.3 Å². The molecule has 17 heavy (non-hydrogen) atoms. The number of rotatable bonds is 3. The Hall–Kier alpha value is -1.43. The average molecular weight is 253 g/mol. The average Bonchev–Trinajstić information content (AvgIpc) is 2.77. The number of aromatic nitrogens is 1. The summed E-state index contributed by atoms with van der Waals surface area (Å²) < 4.78 is 0. The normalized spacial score (nSPS) is 24.3. The van der Waals surface area contributed by atoms with Crippen LogP contribution in [0.15, 0.2) is 5.38 Å². The molecule has 0 aromatic carbocycles. The summed E-state index contributed by atoms with van der Waals surface area (Å²) in [5.74, 6) is -0.224. The van der Waals surface area contributed by atoms with Gasteiger partial charge >= 0.3 is 6.03 Å². The molecule has 92 valence electrons. The standard InChI is InChI=1S/C11H15N3O2S/c1-4-11(3)9(15)13-10(16)14(11)5-8-12-7(2)6-17-8/h6H,4-5H2,1-3H3,(H,13,15,16). The summed E-state index contributed by atoms with van der Waals surface area (Å²) in [6.07, 6.45) is 0.592. The highest BCUT2D eigenvalue weighted by molar-refractivity contribution is 7.09. The van der Waals surface area contributed by atoms with E-state index in [4.69, 9.17) is 0 Å². The van der Waals surface area contributed by atoms with Gasteiger partial charge in [-0.3, -0.25) is 10.1 Å². The second kappa shape index (κ2) is 4.10. The minimum absolute atomic E-state index is 0.224. The quantitative estimate of drug-likeness (QED) is 0.833. The lowest BCUT2D eigenvalue weighted by atomic mass is 9.97. The zero-order chi connectivity index (χ0) is 12.6. The molecule has 0 aliphatic carbocycles. The van der Waals surface area contributed by atoms with Crippen LogP contribution in [0.4, 0.5) is 4.79 Å². The maximum absolute atomic E-state index is 11.8. The molecule has 1 aromatic rings. The lowest BCUT2D eigenvalue weighted by molar-refractivity contribution is -0.126. The van der Waals surface area contributed by atoms with Crippen LogP contribution in [0.2, 0.25) is 0 Å². The number of carbonyl (C=O) groups excluding carboxylic acids is 2. The van der Waals surface area contributed by atoms with Gasteiger partial charge in [0.2, 0.25) is 0 Å². The van der Waals surface area contributed by atoms with E-state index < -0.39 is 5.54 Å². The van der Waals surface area contributed by atoms with Gasteiger partial charge in [-0.25, -0.2) is 9.78 Å². The molecule has 1 aliphatic rings. The van der Waals surface area contributed by atoms with Crippen molar-refractivity contribution in [2.75, 3.05) is 0 Å². The highest BCUT2D eigenvalue weighted by Crippen LogP contribution is 2.27. The molecule has 1 N–H and O–H groups in total. The second-order valence-electron chi connectivity index (χ2n) is 4.36. The van der Waals surface area contributed by atoms with Crippen LogP contribution in [0.1, 0.15) is 31.0 Å². The van der Waals surface area contributed by atoms with Gasteiger partial charge in [-0.05, 0) is 20.3 Å². The van der Waals surface area contributed by atoms with E-state index in [1.807, 2.05) is 19.2 Å². The van der Waals surface area contributed by atoms with E-state index in [0.29, 0.717) is 13.0 Å². The van der Waals surface area contributed by atoms with E-state index in [-0.39, 0.29) is 11.9 Å². The molecule has 1 atom stereocenters. The number of hydrogen-bond donors (Lipinski definition) is 1. The first-order chi connectivity index (χ1) is 7.97. The fourth-order valence-electron chi connectivity index (χ4n) is 1.85. The number of thiazole rings is 1. The van der Waals surface area contributed by atoms with Crippen molar-refractivity contribution in [3.63, 3.8) is 0 Å². The molecule has 1 aliphatic heterocycles. The van der Waals surface area contributed by atoms with Gasteiger partial charge in [-0.15, -0.1) is 11.3 Å². The van der Waals surface area contributed by atoms with Crippen molar-refractivity contribution in [2.45, 2.75) is 39.3 Å². The van der Waals surface area contributed by atoms with E-state index in [0.717, 1.165) is 10.7 Å². The largest absolute Gasteiger partial charge is 0.325 e. The molecule has 2 heterocycles. The van der Waals surface area contributed by atoms with Crippen molar-refractivity contribution in [3.05, 3.63) is 16.1 Å². The van der Waals surface area contributed by atoms with Crippen molar-refractivity contribution in [3.8, 4) is 0 Å². The van der Waals surface area contributed by atoms with Gasteiger partial charge in [0.25, 0.3) is 5.91 Å². The number of carbonyl (C=O) groups is 2. The van der Waals surface area contributed by atoms with Crippen LogP contribution in [0.25, 0.3) is 0 Å². The molecular formula is C11H15N3O2S. The molecule has 0 bridgehead atoms. The number of hydrogen-bond acceptors (Lipinski definition) is 4. The van der Waals surface area contributed by atoms with Crippen molar-refractivity contribution >= 4 is 23.3 Å². The van der Waals surface area contributed by atoms with Gasteiger partial charge in [0.05, 0.1) is 6.54 Å². The number of nitrogens with zero attached hydrogens (tertiary/aromatic N) is 2. The third-order valence-corrected chi connectivity index (χ3v) is 4.15. The lowest BCUT2D eigenvalue weighted by Crippen LogP contribution is -2.45. The van der Waals surface area contributed by atoms with E-state index in [1.165, 1.54) is 11.3 Å². The fourth-order valence-corrected chi connectivity index (χ4v) is 2.61. The summed E-state index contributed by atoms with van der Waals surface area (Å²) in [5, 5.41) is 5.15. The molecule has 0 radical (unpaired) electrons. The van der Waals surface area contributed by atoms with Gasteiger partial charge in [0.1, 0.15) is 10.5 Å². The Kier molecular flexibility index (Phi) is 2.91. The van der Waals surface area contributed by atoms with Gasteiger partial charge in [-0.1, -0.05) is 6.92 Å². The van der Waals surface area contributed by atoms with Gasteiger partial charge in [-0.2, -0.15) is 0 Å². The molecule has 6 heteroatoms. The predicted molar refractivity (Wildman–Crippen MR) is 64.6 cm³/mol. The van der Waals surface area contributed by atoms with Crippen LogP contribution in [0.5, 0.6) is 0 Å². The van der Waals surface area contributed by atoms with Crippen molar-refractivity contribution in [1.29, 1.82) is 0 Å². The first kappa shape index (κ1) is 12.0. The Bertz CT molecular complexity index is 471. The van der Waals surface area contributed by atoms with Gasteiger partial charge in [0.15, 0.2) is 0 Å². The zero-order valence-corrected chi connectivity index (χ0v) is 10.9. The molecule has 2 rings (SSSR count). The zero-order valence-electron chi connectivity index (χ0n) is 10.1.